The van der Waals surface area contributed by atoms with Crippen LogP contribution in [0.15, 0.2) is 36.5 Å². The van der Waals surface area contributed by atoms with Crippen molar-refractivity contribution in [1.82, 2.24) is 5.32 Å². The molecule has 0 aromatic rings. The molecule has 0 aromatic heterocycles. The van der Waals surface area contributed by atoms with Crippen molar-refractivity contribution in [2.24, 2.45) is 0 Å². The number of nitrogens with one attached hydrogen (secondary N) is 1. The Labute approximate surface area is 485 Å². The first-order valence-corrected chi connectivity index (χ1v) is 31.7. The molecule has 3 aliphatic rings. The van der Waals surface area contributed by atoms with E-state index in [1.807, 2.05) is 6.08 Å². The van der Waals surface area contributed by atoms with Gasteiger partial charge >= 0.3 is 0 Å². The standard InChI is InChI=1S/C62H113NO18/c1-3-5-7-9-11-13-14-15-16-17-18-19-20-21-22-23-24-25-26-27-28-29-30-32-34-36-38-40-50(68)63-45(46(67)39-37-35-33-31-12-10-8-6-4-2)44-76-60-56(74)53(71)58(48(42-65)78-60)81-62-57(75)54(72)59(49(43-66)79-62)80-61-55(73)52(70)51(69)47(41-64)77-61/h14-15,17-18,37,39,45-49,51-62,64-67,69-75H,3-13,16,19-36,38,40-44H2,1-2H3,(H,63,68)/b15-14-,18-17-,39-37+. The molecule has 0 radical (unpaired) electrons. The van der Waals surface area contributed by atoms with Gasteiger partial charge in [-0.05, 0) is 51.4 Å². The minimum absolute atomic E-state index is 0.244. The quantitative estimate of drug-likeness (QED) is 0.0229. The maximum absolute atomic E-state index is 13.3. The van der Waals surface area contributed by atoms with E-state index in [9.17, 15) is 61.0 Å². The molecule has 0 spiro atoms. The number of aliphatic hydroxyl groups is 11. The molecular formula is C62H113NO18. The van der Waals surface area contributed by atoms with Crippen molar-refractivity contribution in [2.75, 3.05) is 26.4 Å². The van der Waals surface area contributed by atoms with Gasteiger partial charge in [0.1, 0.15) is 73.2 Å². The van der Waals surface area contributed by atoms with Crippen LogP contribution in [0.5, 0.6) is 0 Å². The first-order valence-electron chi connectivity index (χ1n) is 31.7. The second-order valence-corrected chi connectivity index (χ2v) is 22.9. The van der Waals surface area contributed by atoms with E-state index < -0.39 is 124 Å². The van der Waals surface area contributed by atoms with Gasteiger partial charge in [0, 0.05) is 6.42 Å². The SMILES string of the molecule is CCCCCCC/C=C\C/C=C\CCCCCCCCCCCCCCCCCC(=O)NC(COC1OC(CO)C(OC2OC(CO)C(OC3OC(CO)C(O)C(O)C3O)C(O)C2O)C(O)C1O)C(O)/C=C/CCCCCCCCC. The van der Waals surface area contributed by atoms with E-state index >= 15 is 0 Å². The number of aliphatic hydroxyl groups excluding tert-OH is 11. The molecule has 3 rings (SSSR count). The molecule has 0 bridgehead atoms. The summed E-state index contributed by atoms with van der Waals surface area (Å²) in [4.78, 5) is 13.3. The van der Waals surface area contributed by atoms with Crippen LogP contribution in [-0.2, 0) is 33.2 Å². The Morgan fingerprint density at radius 2 is 0.815 bits per heavy atom. The minimum atomic E-state index is -1.98. The van der Waals surface area contributed by atoms with Gasteiger partial charge in [-0.25, -0.2) is 0 Å². The molecule has 1 amide bonds. The smallest absolute Gasteiger partial charge is 0.220 e. The van der Waals surface area contributed by atoms with Crippen LogP contribution in [0.3, 0.4) is 0 Å². The second-order valence-electron chi connectivity index (χ2n) is 22.9. The lowest BCUT2D eigenvalue weighted by molar-refractivity contribution is -0.379. The van der Waals surface area contributed by atoms with E-state index in [1.165, 1.54) is 141 Å². The Morgan fingerprint density at radius 3 is 1.26 bits per heavy atom. The number of allylic oxidation sites excluding steroid dienone is 5. The Morgan fingerprint density at radius 1 is 0.444 bits per heavy atom. The number of ether oxygens (including phenoxy) is 6. The van der Waals surface area contributed by atoms with Crippen molar-refractivity contribution in [2.45, 2.75) is 324 Å². The van der Waals surface area contributed by atoms with E-state index in [1.54, 1.807) is 6.08 Å². The first kappa shape index (κ1) is 73.3. The topological polar surface area (TPSA) is 307 Å². The van der Waals surface area contributed by atoms with Gasteiger partial charge in [-0.15, -0.1) is 0 Å². The summed E-state index contributed by atoms with van der Waals surface area (Å²) in [6, 6.07) is -0.970. The normalized spacial score (nSPS) is 30.0. The molecule has 19 heteroatoms. The van der Waals surface area contributed by atoms with Crippen LogP contribution in [0.2, 0.25) is 0 Å². The molecule has 3 aliphatic heterocycles. The Bertz CT molecular complexity index is 1620. The number of rotatable bonds is 47. The average Bonchev–Trinajstić information content (AvgIpc) is 3.47. The van der Waals surface area contributed by atoms with Gasteiger partial charge in [-0.1, -0.05) is 198 Å². The predicted molar refractivity (Wildman–Crippen MR) is 309 cm³/mol. The number of hydrogen-bond acceptors (Lipinski definition) is 18. The highest BCUT2D eigenvalue weighted by Gasteiger charge is 2.53. The molecule has 0 aromatic carbocycles. The van der Waals surface area contributed by atoms with Crippen LogP contribution in [0.4, 0.5) is 0 Å². The van der Waals surface area contributed by atoms with Crippen LogP contribution in [-0.4, -0.2) is 193 Å². The molecule has 3 saturated heterocycles. The highest BCUT2D eigenvalue weighted by Crippen LogP contribution is 2.33. The third-order valence-electron chi connectivity index (χ3n) is 15.9. The third kappa shape index (κ3) is 28.8. The minimum Gasteiger partial charge on any atom is -0.394 e. The maximum Gasteiger partial charge on any atom is 0.220 e. The van der Waals surface area contributed by atoms with Crippen molar-refractivity contribution in [3.05, 3.63) is 36.5 Å². The molecule has 81 heavy (non-hydrogen) atoms. The molecule has 17 atom stereocenters. The molecule has 3 heterocycles. The fourth-order valence-electron chi connectivity index (χ4n) is 10.7. The number of carbonyl (C=O) groups excluding carboxylic acids is 1. The van der Waals surface area contributed by atoms with Crippen molar-refractivity contribution in [1.29, 1.82) is 0 Å². The Balaban J connectivity index is 1.39. The van der Waals surface area contributed by atoms with E-state index in [0.29, 0.717) is 6.42 Å². The maximum atomic E-state index is 13.3. The molecule has 17 unspecified atom stereocenters. The fourth-order valence-corrected chi connectivity index (χ4v) is 10.7. The molecular weight excluding hydrogens is 1050 g/mol. The van der Waals surface area contributed by atoms with Gasteiger partial charge in [0.05, 0.1) is 38.6 Å². The predicted octanol–water partition coefficient (Wildman–Crippen LogP) is 6.49. The van der Waals surface area contributed by atoms with Gasteiger partial charge in [0.2, 0.25) is 5.91 Å². The lowest BCUT2D eigenvalue weighted by atomic mass is 9.96. The van der Waals surface area contributed by atoms with E-state index in [2.05, 4.69) is 43.5 Å². The fraction of sp³-hybridized carbons (Fsp3) is 0.887. The molecule has 0 saturated carbocycles. The first-order chi connectivity index (χ1) is 39.3. The molecule has 12 N–H and O–H groups in total. The lowest BCUT2D eigenvalue weighted by Gasteiger charge is -2.48. The summed E-state index contributed by atoms with van der Waals surface area (Å²) in [6.07, 6.45) is 23.0. The van der Waals surface area contributed by atoms with Crippen LogP contribution in [0, 0.1) is 0 Å². The Kier molecular flexibility index (Phi) is 41.0. The average molecular weight is 1160 g/mol. The molecule has 474 valence electrons. The number of unbranched alkanes of at least 4 members (excludes halogenated alkanes) is 27. The van der Waals surface area contributed by atoms with Crippen LogP contribution in [0.1, 0.15) is 219 Å². The van der Waals surface area contributed by atoms with E-state index in [4.69, 9.17) is 28.4 Å². The van der Waals surface area contributed by atoms with Crippen molar-refractivity contribution in [3.63, 3.8) is 0 Å². The summed E-state index contributed by atoms with van der Waals surface area (Å²) in [5.41, 5.74) is 0. The molecule has 3 fully saturated rings. The van der Waals surface area contributed by atoms with Crippen LogP contribution < -0.4 is 5.32 Å². The van der Waals surface area contributed by atoms with Crippen LogP contribution in [0.25, 0.3) is 0 Å². The summed E-state index contributed by atoms with van der Waals surface area (Å²) in [6.45, 7) is 1.67. The lowest BCUT2D eigenvalue weighted by Crippen LogP contribution is -2.66. The third-order valence-corrected chi connectivity index (χ3v) is 15.9. The summed E-state index contributed by atoms with van der Waals surface area (Å²) >= 11 is 0. The van der Waals surface area contributed by atoms with Crippen LogP contribution >= 0.6 is 0 Å². The Hall–Kier alpha value is -1.99. The summed E-state index contributed by atoms with van der Waals surface area (Å²) in [5.74, 6) is -0.278. The van der Waals surface area contributed by atoms with E-state index in [-0.39, 0.29) is 18.9 Å². The van der Waals surface area contributed by atoms with E-state index in [0.717, 1.165) is 51.4 Å². The van der Waals surface area contributed by atoms with Gasteiger partial charge in [0.25, 0.3) is 0 Å². The monoisotopic (exact) mass is 1160 g/mol. The van der Waals surface area contributed by atoms with Crippen molar-refractivity contribution in [3.8, 4) is 0 Å². The van der Waals surface area contributed by atoms with Crippen molar-refractivity contribution < 1.29 is 89.4 Å². The number of carbonyl (C=O) groups is 1. The zero-order valence-corrected chi connectivity index (χ0v) is 49.5. The number of hydrogen-bond donors (Lipinski definition) is 12. The van der Waals surface area contributed by atoms with Gasteiger partial charge in [-0.3, -0.25) is 4.79 Å². The second kappa shape index (κ2) is 45.3. The number of amides is 1. The van der Waals surface area contributed by atoms with Gasteiger partial charge in [-0.2, -0.15) is 0 Å². The van der Waals surface area contributed by atoms with Crippen molar-refractivity contribution >= 4 is 5.91 Å². The molecule has 19 nitrogen and oxygen atoms in total. The molecule has 0 aliphatic carbocycles. The van der Waals surface area contributed by atoms with Gasteiger partial charge < -0.3 is 89.9 Å². The highest BCUT2D eigenvalue weighted by atomic mass is 16.8. The zero-order valence-electron chi connectivity index (χ0n) is 49.5. The summed E-state index contributed by atoms with van der Waals surface area (Å²) in [5, 5.41) is 120. The summed E-state index contributed by atoms with van der Waals surface area (Å²) in [7, 11) is 0. The largest absolute Gasteiger partial charge is 0.394 e. The zero-order chi connectivity index (χ0) is 59.0. The highest BCUT2D eigenvalue weighted by molar-refractivity contribution is 5.76. The van der Waals surface area contributed by atoms with Gasteiger partial charge in [0.15, 0.2) is 18.9 Å². The summed E-state index contributed by atoms with van der Waals surface area (Å²) < 4.78 is 34.2.